The Morgan fingerprint density at radius 3 is 2.62 bits per heavy atom. The Balaban J connectivity index is 1.54. The number of amides is 2. The maximum absolute atomic E-state index is 11.6. The monoisotopic (exact) mass is 397 g/mol. The van der Waals surface area contributed by atoms with Gasteiger partial charge in [0.25, 0.3) is 11.1 Å². The van der Waals surface area contributed by atoms with Gasteiger partial charge in [0, 0.05) is 19.6 Å². The Hall–Kier alpha value is -2.04. The molecule has 0 bridgehead atoms. The second kappa shape index (κ2) is 7.68. The first kappa shape index (κ1) is 18.7. The van der Waals surface area contributed by atoms with Gasteiger partial charge >= 0.3 is 0 Å². The van der Waals surface area contributed by atoms with Gasteiger partial charge < -0.3 is 10.5 Å². The molecule has 8 nitrogen and oxygen atoms in total. The van der Waals surface area contributed by atoms with E-state index in [1.54, 1.807) is 24.3 Å². The minimum absolute atomic E-state index is 0.187. The van der Waals surface area contributed by atoms with Gasteiger partial charge in [-0.1, -0.05) is 6.07 Å². The molecule has 2 fully saturated rings. The van der Waals surface area contributed by atoms with Gasteiger partial charge in [-0.2, -0.15) is 0 Å². The summed E-state index contributed by atoms with van der Waals surface area (Å²) < 4.78 is 28.5. The van der Waals surface area contributed by atoms with E-state index in [-0.39, 0.29) is 16.7 Å². The summed E-state index contributed by atoms with van der Waals surface area (Å²) in [6.45, 7) is 2.06. The molecule has 0 atom stereocenters. The first-order valence-electron chi connectivity index (χ1n) is 8.02. The number of carbonyl (C=O) groups is 2. The summed E-state index contributed by atoms with van der Waals surface area (Å²) in [6, 6.07) is 5.14. The number of nitrogens with zero attached hydrogens (tertiary/aromatic N) is 1. The second-order valence-electron chi connectivity index (χ2n) is 5.99. The summed E-state index contributed by atoms with van der Waals surface area (Å²) in [5.74, 6) is 0.484. The zero-order valence-corrected chi connectivity index (χ0v) is 15.6. The topological polar surface area (TPSA) is 119 Å². The van der Waals surface area contributed by atoms with Crippen LogP contribution in [0.25, 0.3) is 6.08 Å². The third-order valence-electron chi connectivity index (χ3n) is 4.08. The number of hydrogen-bond donors (Lipinski definition) is 2. The third kappa shape index (κ3) is 4.77. The summed E-state index contributed by atoms with van der Waals surface area (Å²) in [5.41, 5.74) is 7.11. The lowest BCUT2D eigenvalue weighted by Crippen LogP contribution is -2.42. The Kier molecular flexibility index (Phi) is 5.54. The first-order chi connectivity index (χ1) is 12.3. The van der Waals surface area contributed by atoms with Crippen molar-refractivity contribution in [2.75, 3.05) is 43.5 Å². The number of nitrogens with one attached hydrogen (secondary N) is 1. The number of thioether (sulfide) groups is 1. The number of imide groups is 1. The number of ether oxygens (including phenoxy) is 1. The minimum atomic E-state index is -2.88. The normalized spacial score (nSPS) is 21.8. The highest BCUT2D eigenvalue weighted by molar-refractivity contribution is 8.18. The molecule has 140 valence electrons. The lowest BCUT2D eigenvalue weighted by atomic mass is 10.1. The summed E-state index contributed by atoms with van der Waals surface area (Å²) >= 11 is 0.849. The molecule has 0 saturated carbocycles. The Morgan fingerprint density at radius 2 is 2.00 bits per heavy atom. The Bertz CT molecular complexity index is 853. The van der Waals surface area contributed by atoms with Crippen molar-refractivity contribution in [2.24, 2.45) is 0 Å². The quantitative estimate of drug-likeness (QED) is 0.551. The molecule has 2 saturated heterocycles. The van der Waals surface area contributed by atoms with E-state index in [0.717, 1.165) is 11.8 Å². The standard InChI is InChI=1S/C16H19N3O5S2/c17-12-9-11(10-14-15(20)18-16(21)25-14)1-2-13(12)24-6-3-19-4-7-26(22,23)8-5-19/h1-2,9-10H,3-8,17H2,(H,18,20,21)/b14-10-. The van der Waals surface area contributed by atoms with Gasteiger partial charge in [-0.05, 0) is 35.5 Å². The van der Waals surface area contributed by atoms with Crippen LogP contribution in [0.2, 0.25) is 0 Å². The van der Waals surface area contributed by atoms with Crippen molar-refractivity contribution in [1.82, 2.24) is 10.2 Å². The number of nitrogen functional groups attached to an aromatic ring is 1. The number of hydrogen-bond acceptors (Lipinski definition) is 8. The number of sulfone groups is 1. The molecular formula is C16H19N3O5S2. The van der Waals surface area contributed by atoms with Crippen molar-refractivity contribution in [3.8, 4) is 5.75 Å². The SMILES string of the molecule is Nc1cc(/C=C2\SC(=O)NC2=O)ccc1OCCN1CCS(=O)(=O)CC1. The van der Waals surface area contributed by atoms with Crippen LogP contribution in [0.4, 0.5) is 10.5 Å². The van der Waals surface area contributed by atoms with Crippen LogP contribution in [0.5, 0.6) is 5.75 Å². The smallest absolute Gasteiger partial charge is 0.290 e. The van der Waals surface area contributed by atoms with E-state index in [2.05, 4.69) is 5.32 Å². The van der Waals surface area contributed by atoms with Crippen LogP contribution >= 0.6 is 11.8 Å². The van der Waals surface area contributed by atoms with Crippen LogP contribution in [0.3, 0.4) is 0 Å². The average Bonchev–Trinajstić information content (AvgIpc) is 2.88. The molecule has 2 amide bonds. The fraction of sp³-hybridized carbons (Fsp3) is 0.375. The summed E-state index contributed by atoms with van der Waals surface area (Å²) in [6.07, 6.45) is 1.60. The van der Waals surface area contributed by atoms with E-state index < -0.39 is 15.7 Å². The van der Waals surface area contributed by atoms with Gasteiger partial charge in [0.1, 0.15) is 12.4 Å². The van der Waals surface area contributed by atoms with Crippen molar-refractivity contribution in [3.63, 3.8) is 0 Å². The van der Waals surface area contributed by atoms with E-state index in [4.69, 9.17) is 10.5 Å². The zero-order valence-electron chi connectivity index (χ0n) is 13.9. The van der Waals surface area contributed by atoms with Gasteiger partial charge in [0.2, 0.25) is 0 Å². The van der Waals surface area contributed by atoms with Crippen molar-refractivity contribution >= 4 is 44.5 Å². The largest absolute Gasteiger partial charge is 0.490 e. The zero-order chi connectivity index (χ0) is 18.7. The van der Waals surface area contributed by atoms with E-state index in [9.17, 15) is 18.0 Å². The molecule has 0 unspecified atom stereocenters. The van der Waals surface area contributed by atoms with Gasteiger partial charge in [-0.15, -0.1) is 0 Å². The molecule has 3 N–H and O–H groups in total. The second-order valence-corrected chi connectivity index (χ2v) is 9.31. The number of benzene rings is 1. The minimum Gasteiger partial charge on any atom is -0.490 e. The maximum atomic E-state index is 11.6. The van der Waals surface area contributed by atoms with E-state index in [0.29, 0.717) is 48.1 Å². The fourth-order valence-electron chi connectivity index (χ4n) is 2.62. The van der Waals surface area contributed by atoms with Crippen LogP contribution in [0, 0.1) is 0 Å². The fourth-order valence-corrected chi connectivity index (χ4v) is 4.58. The third-order valence-corrected chi connectivity index (χ3v) is 6.50. The number of rotatable bonds is 5. The highest BCUT2D eigenvalue weighted by Gasteiger charge is 2.25. The van der Waals surface area contributed by atoms with Gasteiger partial charge in [-0.25, -0.2) is 8.42 Å². The molecule has 0 aliphatic carbocycles. The first-order valence-corrected chi connectivity index (χ1v) is 10.7. The van der Waals surface area contributed by atoms with E-state index in [1.165, 1.54) is 0 Å². The lowest BCUT2D eigenvalue weighted by molar-refractivity contribution is -0.115. The molecule has 2 aliphatic heterocycles. The van der Waals surface area contributed by atoms with Crippen molar-refractivity contribution in [2.45, 2.75) is 0 Å². The van der Waals surface area contributed by atoms with Gasteiger partial charge in [-0.3, -0.25) is 19.8 Å². The molecule has 1 aromatic carbocycles. The highest BCUT2D eigenvalue weighted by atomic mass is 32.2. The van der Waals surface area contributed by atoms with Crippen LogP contribution in [0.15, 0.2) is 23.1 Å². The van der Waals surface area contributed by atoms with Crippen LogP contribution in [-0.2, 0) is 14.6 Å². The Morgan fingerprint density at radius 1 is 1.27 bits per heavy atom. The molecular weight excluding hydrogens is 378 g/mol. The highest BCUT2D eigenvalue weighted by Crippen LogP contribution is 2.28. The summed E-state index contributed by atoms with van der Waals surface area (Å²) in [5, 5.41) is 1.81. The van der Waals surface area contributed by atoms with Crippen molar-refractivity contribution in [3.05, 3.63) is 28.7 Å². The maximum Gasteiger partial charge on any atom is 0.290 e. The van der Waals surface area contributed by atoms with E-state index in [1.807, 2.05) is 4.90 Å². The van der Waals surface area contributed by atoms with Crippen LogP contribution < -0.4 is 15.8 Å². The molecule has 0 radical (unpaired) electrons. The van der Waals surface area contributed by atoms with Crippen LogP contribution in [-0.4, -0.2) is 62.2 Å². The molecule has 0 spiro atoms. The average molecular weight is 397 g/mol. The molecule has 26 heavy (non-hydrogen) atoms. The molecule has 0 aromatic heterocycles. The van der Waals surface area contributed by atoms with Gasteiger partial charge in [0.15, 0.2) is 9.84 Å². The molecule has 2 heterocycles. The predicted octanol–water partition coefficient (Wildman–Crippen LogP) is 0.702. The Labute approximate surface area is 155 Å². The van der Waals surface area contributed by atoms with Crippen LogP contribution in [0.1, 0.15) is 5.56 Å². The predicted molar refractivity (Wildman–Crippen MR) is 101 cm³/mol. The van der Waals surface area contributed by atoms with Crippen molar-refractivity contribution in [1.29, 1.82) is 0 Å². The summed E-state index contributed by atoms with van der Waals surface area (Å²) in [7, 11) is -2.88. The summed E-state index contributed by atoms with van der Waals surface area (Å²) in [4.78, 5) is 25.1. The van der Waals surface area contributed by atoms with Gasteiger partial charge in [0.05, 0.1) is 22.1 Å². The molecule has 3 rings (SSSR count). The van der Waals surface area contributed by atoms with E-state index >= 15 is 0 Å². The molecule has 10 heteroatoms. The number of carbonyl (C=O) groups excluding carboxylic acids is 2. The lowest BCUT2D eigenvalue weighted by Gasteiger charge is -2.26. The number of anilines is 1. The number of nitrogens with two attached hydrogens (primary N) is 1. The van der Waals surface area contributed by atoms with Crippen molar-refractivity contribution < 1.29 is 22.7 Å². The molecule has 1 aromatic rings. The molecule has 2 aliphatic rings.